The first-order valence-electron chi connectivity index (χ1n) is 6.63. The van der Waals surface area contributed by atoms with Crippen LogP contribution in [0, 0.1) is 0 Å². The highest BCUT2D eigenvalue weighted by Crippen LogP contribution is 2.28. The molecule has 1 heterocycles. The Labute approximate surface area is 132 Å². The van der Waals surface area contributed by atoms with Crippen LogP contribution >= 0.6 is 27.5 Å². The van der Waals surface area contributed by atoms with Crippen LogP contribution in [0.15, 0.2) is 28.9 Å². The molecule has 2 rings (SSSR count). The van der Waals surface area contributed by atoms with E-state index in [4.69, 9.17) is 11.6 Å². The lowest BCUT2D eigenvalue weighted by Crippen LogP contribution is -2.24. The first-order valence-corrected chi connectivity index (χ1v) is 7.80. The maximum absolute atomic E-state index is 6.12. The van der Waals surface area contributed by atoms with Gasteiger partial charge in [-0.1, -0.05) is 39.7 Å². The van der Waals surface area contributed by atoms with Gasteiger partial charge >= 0.3 is 0 Å². The fourth-order valence-corrected chi connectivity index (χ4v) is 2.79. The molecule has 6 heteroatoms. The topological polar surface area (TPSA) is 42.7 Å². The molecule has 1 N–H and O–H groups in total. The van der Waals surface area contributed by atoms with Crippen molar-refractivity contribution in [3.05, 3.63) is 45.1 Å². The Kier molecular flexibility index (Phi) is 5.57. The first-order chi connectivity index (χ1) is 9.60. The quantitative estimate of drug-likeness (QED) is 0.860. The molecular weight excluding hydrogens is 340 g/mol. The number of nitrogens with zero attached hydrogens (tertiary/aromatic N) is 3. The van der Waals surface area contributed by atoms with Gasteiger partial charge in [0.2, 0.25) is 0 Å². The summed E-state index contributed by atoms with van der Waals surface area (Å²) in [7, 11) is 1.88. The van der Waals surface area contributed by atoms with E-state index in [1.807, 2.05) is 31.4 Å². The van der Waals surface area contributed by atoms with Crippen LogP contribution in [0.3, 0.4) is 0 Å². The lowest BCUT2D eigenvalue weighted by atomic mass is 10.0. The summed E-state index contributed by atoms with van der Waals surface area (Å²) >= 11 is 9.72. The van der Waals surface area contributed by atoms with Crippen LogP contribution in [0.5, 0.6) is 0 Å². The number of hydrogen-bond acceptors (Lipinski definition) is 3. The van der Waals surface area contributed by atoms with Crippen molar-refractivity contribution in [3.63, 3.8) is 0 Å². The Morgan fingerprint density at radius 3 is 2.90 bits per heavy atom. The summed E-state index contributed by atoms with van der Waals surface area (Å²) in [5, 5.41) is 12.4. The third-order valence-corrected chi connectivity index (χ3v) is 3.99. The Bertz CT molecular complexity index is 570. The number of aromatic nitrogens is 3. The third kappa shape index (κ3) is 4.04. The summed E-state index contributed by atoms with van der Waals surface area (Å²) in [5.74, 6) is 0. The number of rotatable bonds is 6. The van der Waals surface area contributed by atoms with Crippen LogP contribution in [-0.4, -0.2) is 21.5 Å². The van der Waals surface area contributed by atoms with E-state index >= 15 is 0 Å². The highest BCUT2D eigenvalue weighted by atomic mass is 79.9. The standard InChI is InChI=1S/C14H18BrClN4/c1-3-6-17-14(8-11-9-20(2)19-18-11)12-7-10(16)4-5-13(12)15/h4-5,7,9,14,17H,3,6,8H2,1-2H3. The van der Waals surface area contributed by atoms with Crippen LogP contribution in [0.25, 0.3) is 0 Å². The SMILES string of the molecule is CCCNC(Cc1cn(C)nn1)c1cc(Cl)ccc1Br. The van der Waals surface area contributed by atoms with Crippen molar-refractivity contribution in [2.75, 3.05) is 6.54 Å². The van der Waals surface area contributed by atoms with Gasteiger partial charge in [0, 0.05) is 35.2 Å². The Hall–Kier alpha value is -0.910. The zero-order chi connectivity index (χ0) is 14.5. The summed E-state index contributed by atoms with van der Waals surface area (Å²) in [6.45, 7) is 3.10. The van der Waals surface area contributed by atoms with Gasteiger partial charge in [-0.25, -0.2) is 0 Å². The summed E-state index contributed by atoms with van der Waals surface area (Å²) in [6, 6.07) is 6.03. The lowest BCUT2D eigenvalue weighted by Gasteiger charge is -2.19. The average Bonchev–Trinajstić information content (AvgIpc) is 2.83. The van der Waals surface area contributed by atoms with Gasteiger partial charge in [-0.3, -0.25) is 4.68 Å². The van der Waals surface area contributed by atoms with Gasteiger partial charge in [0.25, 0.3) is 0 Å². The third-order valence-electron chi connectivity index (χ3n) is 3.04. The number of benzene rings is 1. The molecule has 1 unspecified atom stereocenters. The number of nitrogens with one attached hydrogen (secondary N) is 1. The largest absolute Gasteiger partial charge is 0.310 e. The van der Waals surface area contributed by atoms with Crippen molar-refractivity contribution in [1.82, 2.24) is 20.3 Å². The minimum Gasteiger partial charge on any atom is -0.310 e. The van der Waals surface area contributed by atoms with Crippen LogP contribution in [-0.2, 0) is 13.5 Å². The van der Waals surface area contributed by atoms with Crippen molar-refractivity contribution < 1.29 is 0 Å². The van der Waals surface area contributed by atoms with Crippen LogP contribution in [0.1, 0.15) is 30.6 Å². The summed E-state index contributed by atoms with van der Waals surface area (Å²) in [4.78, 5) is 0. The molecule has 1 aromatic heterocycles. The molecule has 0 bridgehead atoms. The first kappa shape index (κ1) is 15.5. The summed E-state index contributed by atoms with van der Waals surface area (Å²) < 4.78 is 2.78. The van der Waals surface area contributed by atoms with E-state index in [1.54, 1.807) is 4.68 Å². The van der Waals surface area contributed by atoms with Gasteiger partial charge in [0.15, 0.2) is 0 Å². The smallest absolute Gasteiger partial charge is 0.0845 e. The molecule has 0 spiro atoms. The highest BCUT2D eigenvalue weighted by Gasteiger charge is 2.16. The predicted octanol–water partition coefficient (Wildman–Crippen LogP) is 3.51. The van der Waals surface area contributed by atoms with E-state index < -0.39 is 0 Å². The van der Waals surface area contributed by atoms with E-state index in [-0.39, 0.29) is 6.04 Å². The molecule has 4 nitrogen and oxygen atoms in total. The molecule has 0 aliphatic carbocycles. The predicted molar refractivity (Wildman–Crippen MR) is 84.9 cm³/mol. The highest BCUT2D eigenvalue weighted by molar-refractivity contribution is 9.10. The van der Waals surface area contributed by atoms with Gasteiger partial charge in [-0.05, 0) is 36.7 Å². The molecule has 1 aromatic carbocycles. The molecule has 0 aliphatic rings. The van der Waals surface area contributed by atoms with Crippen molar-refractivity contribution in [3.8, 4) is 0 Å². The van der Waals surface area contributed by atoms with Crippen molar-refractivity contribution in [2.24, 2.45) is 7.05 Å². The van der Waals surface area contributed by atoms with Gasteiger partial charge in [-0.2, -0.15) is 0 Å². The molecule has 0 saturated heterocycles. The van der Waals surface area contributed by atoms with E-state index in [0.29, 0.717) is 0 Å². The van der Waals surface area contributed by atoms with Crippen LogP contribution in [0.2, 0.25) is 5.02 Å². The fourth-order valence-electron chi connectivity index (χ4n) is 2.09. The van der Waals surface area contributed by atoms with E-state index in [1.165, 1.54) is 0 Å². The number of hydrogen-bond donors (Lipinski definition) is 1. The lowest BCUT2D eigenvalue weighted by molar-refractivity contribution is 0.522. The molecule has 2 aromatic rings. The normalized spacial score (nSPS) is 12.6. The number of halogens is 2. The average molecular weight is 358 g/mol. The molecule has 20 heavy (non-hydrogen) atoms. The second kappa shape index (κ2) is 7.20. The van der Waals surface area contributed by atoms with Gasteiger partial charge < -0.3 is 5.32 Å². The minimum atomic E-state index is 0.166. The summed E-state index contributed by atoms with van der Waals surface area (Å²) in [6.07, 6.45) is 3.81. The molecule has 0 fully saturated rings. The Morgan fingerprint density at radius 1 is 1.45 bits per heavy atom. The van der Waals surface area contributed by atoms with Crippen molar-refractivity contribution >= 4 is 27.5 Å². The van der Waals surface area contributed by atoms with Crippen molar-refractivity contribution in [1.29, 1.82) is 0 Å². The molecule has 0 radical (unpaired) electrons. The summed E-state index contributed by atoms with van der Waals surface area (Å²) in [5.41, 5.74) is 2.12. The fraction of sp³-hybridized carbons (Fsp3) is 0.429. The Morgan fingerprint density at radius 2 is 2.25 bits per heavy atom. The second-order valence-electron chi connectivity index (χ2n) is 4.76. The Balaban J connectivity index is 2.24. The number of aryl methyl sites for hydroxylation is 1. The van der Waals surface area contributed by atoms with Crippen LogP contribution < -0.4 is 5.32 Å². The zero-order valence-electron chi connectivity index (χ0n) is 11.6. The van der Waals surface area contributed by atoms with Crippen LogP contribution in [0.4, 0.5) is 0 Å². The molecule has 0 aliphatic heterocycles. The van der Waals surface area contributed by atoms with Crippen molar-refractivity contribution in [2.45, 2.75) is 25.8 Å². The maximum Gasteiger partial charge on any atom is 0.0845 e. The molecular formula is C14H18BrClN4. The van der Waals surface area contributed by atoms with E-state index in [9.17, 15) is 0 Å². The van der Waals surface area contributed by atoms with E-state index in [2.05, 4.69) is 38.5 Å². The van der Waals surface area contributed by atoms with Gasteiger partial charge in [0.1, 0.15) is 0 Å². The molecule has 1 atom stereocenters. The maximum atomic E-state index is 6.12. The van der Waals surface area contributed by atoms with Gasteiger partial charge in [-0.15, -0.1) is 5.10 Å². The van der Waals surface area contributed by atoms with E-state index in [0.717, 1.165) is 40.1 Å². The zero-order valence-corrected chi connectivity index (χ0v) is 13.9. The molecule has 0 amide bonds. The minimum absolute atomic E-state index is 0.166. The molecule has 108 valence electrons. The molecule has 0 saturated carbocycles. The monoisotopic (exact) mass is 356 g/mol. The second-order valence-corrected chi connectivity index (χ2v) is 6.05. The van der Waals surface area contributed by atoms with Gasteiger partial charge in [0.05, 0.1) is 5.69 Å².